The monoisotopic (exact) mass is 683 g/mol. The second-order valence-corrected chi connectivity index (χ2v) is 16.2. The van der Waals surface area contributed by atoms with E-state index in [0.29, 0.717) is 29.3 Å². The maximum Gasteiger partial charge on any atom is 0.164 e. The van der Waals surface area contributed by atoms with Gasteiger partial charge in [-0.1, -0.05) is 127 Å². The van der Waals surface area contributed by atoms with Gasteiger partial charge in [0.2, 0.25) is 0 Å². The third-order valence-corrected chi connectivity index (χ3v) is 13.1. The van der Waals surface area contributed by atoms with Crippen LogP contribution in [0.4, 0.5) is 0 Å². The quantitative estimate of drug-likeness (QED) is 0.181. The Morgan fingerprint density at radius 1 is 0.415 bits per heavy atom. The van der Waals surface area contributed by atoms with Crippen LogP contribution in [0.3, 0.4) is 0 Å². The van der Waals surface area contributed by atoms with Crippen LogP contribution in [-0.4, -0.2) is 15.0 Å². The van der Waals surface area contributed by atoms with Gasteiger partial charge in [0, 0.05) is 22.1 Å². The molecular formula is C50H41N3. The molecule has 0 N–H and O–H groups in total. The molecule has 12 rings (SSSR count). The topological polar surface area (TPSA) is 38.7 Å². The Kier molecular flexibility index (Phi) is 6.96. The summed E-state index contributed by atoms with van der Waals surface area (Å²) < 4.78 is 0. The number of aryl methyl sites for hydroxylation is 1. The molecule has 7 aromatic rings. The highest BCUT2D eigenvalue weighted by Gasteiger charge is 2.62. The number of fused-ring (bicyclic) bond motifs is 3. The van der Waals surface area contributed by atoms with Crippen LogP contribution in [0.15, 0.2) is 146 Å². The van der Waals surface area contributed by atoms with Gasteiger partial charge in [-0.05, 0) is 131 Å². The molecule has 1 aromatic heterocycles. The molecule has 4 saturated carbocycles. The van der Waals surface area contributed by atoms with Gasteiger partial charge in [-0.3, -0.25) is 0 Å². The van der Waals surface area contributed by atoms with E-state index in [-0.39, 0.29) is 5.41 Å². The van der Waals surface area contributed by atoms with E-state index in [1.807, 2.05) is 36.4 Å². The smallest absolute Gasteiger partial charge is 0.164 e. The zero-order valence-corrected chi connectivity index (χ0v) is 30.0. The van der Waals surface area contributed by atoms with Gasteiger partial charge in [0.05, 0.1) is 0 Å². The van der Waals surface area contributed by atoms with Crippen LogP contribution < -0.4 is 0 Å². The molecule has 4 fully saturated rings. The van der Waals surface area contributed by atoms with Crippen molar-refractivity contribution in [2.75, 3.05) is 0 Å². The fourth-order valence-corrected chi connectivity index (χ4v) is 11.3. The molecule has 0 atom stereocenters. The summed E-state index contributed by atoms with van der Waals surface area (Å²) in [5.41, 5.74) is 15.5. The minimum absolute atomic E-state index is 0.0253. The zero-order chi connectivity index (χ0) is 35.1. The minimum atomic E-state index is 0.0253. The van der Waals surface area contributed by atoms with Gasteiger partial charge in [0.15, 0.2) is 17.5 Å². The number of hydrogen-bond acceptors (Lipinski definition) is 3. The van der Waals surface area contributed by atoms with Crippen molar-refractivity contribution >= 4 is 0 Å². The van der Waals surface area contributed by atoms with Gasteiger partial charge in [-0.2, -0.15) is 0 Å². The van der Waals surface area contributed by atoms with Gasteiger partial charge < -0.3 is 0 Å². The van der Waals surface area contributed by atoms with Crippen LogP contribution >= 0.6 is 0 Å². The zero-order valence-electron chi connectivity index (χ0n) is 30.0. The predicted octanol–water partition coefficient (Wildman–Crippen LogP) is 12.2. The molecule has 4 bridgehead atoms. The molecule has 6 aromatic carbocycles. The Bertz CT molecular complexity index is 2440. The normalized spacial score (nSPS) is 23.3. The summed E-state index contributed by atoms with van der Waals surface area (Å²) in [5, 5.41) is 0. The van der Waals surface area contributed by atoms with Gasteiger partial charge in [0.1, 0.15) is 0 Å². The van der Waals surface area contributed by atoms with Crippen molar-refractivity contribution < 1.29 is 0 Å². The van der Waals surface area contributed by atoms with E-state index < -0.39 is 0 Å². The van der Waals surface area contributed by atoms with Crippen LogP contribution in [0.2, 0.25) is 0 Å². The molecular weight excluding hydrogens is 643 g/mol. The summed E-state index contributed by atoms with van der Waals surface area (Å²) in [6.07, 6.45) is 6.85. The van der Waals surface area contributed by atoms with E-state index in [0.717, 1.165) is 28.5 Å². The Labute approximate surface area is 311 Å². The SMILES string of the molecule is Cc1cc(-c2nc(-c3ccccc3)nc(-c3ccccc3)n2)cc(-c2cccc3c2C2(c4cc(-c5ccccc5)ccc4-3)C3CC4CC(C3)CC2C4)c1. The highest BCUT2D eigenvalue weighted by Crippen LogP contribution is 2.70. The number of aromatic nitrogens is 3. The van der Waals surface area contributed by atoms with Crippen LogP contribution in [0.1, 0.15) is 48.8 Å². The number of benzene rings is 6. The molecule has 0 unspecified atom stereocenters. The average molecular weight is 684 g/mol. The van der Waals surface area contributed by atoms with Gasteiger partial charge in [-0.25, -0.2) is 15.0 Å². The molecule has 3 nitrogen and oxygen atoms in total. The summed E-state index contributed by atoms with van der Waals surface area (Å²) >= 11 is 0. The Morgan fingerprint density at radius 2 is 0.943 bits per heavy atom. The molecule has 5 aliphatic rings. The van der Waals surface area contributed by atoms with Crippen molar-refractivity contribution in [2.45, 2.75) is 44.4 Å². The molecule has 5 aliphatic carbocycles. The molecule has 0 radical (unpaired) electrons. The number of hydrogen-bond donors (Lipinski definition) is 0. The number of nitrogens with zero attached hydrogens (tertiary/aromatic N) is 3. The summed E-state index contributed by atoms with van der Waals surface area (Å²) in [7, 11) is 0. The third kappa shape index (κ3) is 4.83. The second-order valence-electron chi connectivity index (χ2n) is 16.2. The predicted molar refractivity (Wildman–Crippen MR) is 215 cm³/mol. The summed E-state index contributed by atoms with van der Waals surface area (Å²) in [6.45, 7) is 2.22. The Balaban J connectivity index is 1.11. The number of rotatable bonds is 5. The first-order valence-corrected chi connectivity index (χ1v) is 19.4. The van der Waals surface area contributed by atoms with Gasteiger partial charge >= 0.3 is 0 Å². The van der Waals surface area contributed by atoms with Crippen molar-refractivity contribution in [3.8, 4) is 67.5 Å². The lowest BCUT2D eigenvalue weighted by atomic mass is 9.42. The highest BCUT2D eigenvalue weighted by atomic mass is 15.0. The van der Waals surface area contributed by atoms with E-state index in [4.69, 9.17) is 15.0 Å². The third-order valence-electron chi connectivity index (χ3n) is 13.1. The summed E-state index contributed by atoms with van der Waals surface area (Å²) in [4.78, 5) is 15.3. The van der Waals surface area contributed by atoms with E-state index in [9.17, 15) is 0 Å². The van der Waals surface area contributed by atoms with E-state index >= 15 is 0 Å². The Hall–Kier alpha value is -5.67. The van der Waals surface area contributed by atoms with Crippen LogP contribution in [0.5, 0.6) is 0 Å². The van der Waals surface area contributed by atoms with Crippen LogP contribution in [0, 0.1) is 30.6 Å². The van der Waals surface area contributed by atoms with Gasteiger partial charge in [-0.15, -0.1) is 0 Å². The first-order valence-electron chi connectivity index (χ1n) is 19.4. The van der Waals surface area contributed by atoms with Crippen molar-refractivity contribution in [1.82, 2.24) is 15.0 Å². The van der Waals surface area contributed by atoms with Crippen LogP contribution in [-0.2, 0) is 5.41 Å². The summed E-state index contributed by atoms with van der Waals surface area (Å²) in [5.74, 6) is 5.18. The largest absolute Gasteiger partial charge is 0.208 e. The maximum atomic E-state index is 5.14. The fourth-order valence-electron chi connectivity index (χ4n) is 11.3. The first-order chi connectivity index (χ1) is 26.1. The highest BCUT2D eigenvalue weighted by molar-refractivity contribution is 5.91. The first kappa shape index (κ1) is 30.9. The second kappa shape index (κ2) is 11.9. The van der Waals surface area contributed by atoms with E-state index in [1.54, 1.807) is 11.1 Å². The Morgan fingerprint density at radius 3 is 1.55 bits per heavy atom. The lowest BCUT2D eigenvalue weighted by Crippen LogP contribution is -2.55. The molecule has 256 valence electrons. The minimum Gasteiger partial charge on any atom is -0.208 e. The molecule has 1 heterocycles. The van der Waals surface area contributed by atoms with Crippen molar-refractivity contribution in [3.63, 3.8) is 0 Å². The van der Waals surface area contributed by atoms with Crippen molar-refractivity contribution in [2.24, 2.45) is 23.7 Å². The lowest BCUT2D eigenvalue weighted by molar-refractivity contribution is -0.0397. The van der Waals surface area contributed by atoms with E-state index in [2.05, 4.69) is 116 Å². The standard InChI is InChI=1S/C50H41N3/c1-31-22-38(29-39(23-31)49-52-47(35-14-7-3-8-15-35)51-48(53-49)36-16-9-4-10-17-36)42-18-11-19-44-43-21-20-37(34-12-5-2-6-13-34)30-45(43)50(46(42)44)40-25-32-24-33(27-40)28-41(50)26-32/h2-23,29-30,32-33,40-41H,24-28H2,1H3. The molecule has 3 heteroatoms. The molecule has 0 saturated heterocycles. The summed E-state index contributed by atoms with van der Waals surface area (Å²) in [6, 6.07) is 53.0. The van der Waals surface area contributed by atoms with E-state index in [1.165, 1.54) is 71.0 Å². The lowest BCUT2D eigenvalue weighted by Gasteiger charge is -2.61. The van der Waals surface area contributed by atoms with Crippen molar-refractivity contribution in [1.29, 1.82) is 0 Å². The van der Waals surface area contributed by atoms with Crippen molar-refractivity contribution in [3.05, 3.63) is 162 Å². The molecule has 0 aliphatic heterocycles. The van der Waals surface area contributed by atoms with Gasteiger partial charge in [0.25, 0.3) is 0 Å². The molecule has 0 amide bonds. The maximum absolute atomic E-state index is 5.14. The molecule has 53 heavy (non-hydrogen) atoms. The molecule has 1 spiro atoms. The van der Waals surface area contributed by atoms with Crippen LogP contribution in [0.25, 0.3) is 67.5 Å². The average Bonchev–Trinajstić information content (AvgIpc) is 3.50. The fraction of sp³-hybridized carbons (Fsp3) is 0.220.